The van der Waals surface area contributed by atoms with Crippen molar-refractivity contribution in [2.75, 3.05) is 11.1 Å². The molecule has 0 aliphatic rings. The number of aliphatic carboxylic acids is 1. The predicted octanol–water partition coefficient (Wildman–Crippen LogP) is 2.16. The molecule has 0 spiro atoms. The quantitative estimate of drug-likeness (QED) is 0.550. The van der Waals surface area contributed by atoms with Crippen molar-refractivity contribution in [3.05, 3.63) is 30.1 Å². The highest BCUT2D eigenvalue weighted by atomic mass is 32.2. The number of para-hydroxylation sites is 1. The van der Waals surface area contributed by atoms with Gasteiger partial charge in [0.2, 0.25) is 11.1 Å². The average Bonchev–Trinajstić information content (AvgIpc) is 3.16. The van der Waals surface area contributed by atoms with Crippen LogP contribution >= 0.6 is 23.1 Å². The summed E-state index contributed by atoms with van der Waals surface area (Å²) < 4.78 is 1.01. The molecule has 3 N–H and O–H groups in total. The molecule has 3 rings (SSSR count). The lowest BCUT2D eigenvalue weighted by Crippen LogP contribution is -2.13. The van der Waals surface area contributed by atoms with Crippen molar-refractivity contribution in [3.8, 4) is 0 Å². The van der Waals surface area contributed by atoms with Gasteiger partial charge in [0.15, 0.2) is 5.13 Å². The molecule has 3 aromatic rings. The van der Waals surface area contributed by atoms with Gasteiger partial charge in [-0.25, -0.2) is 9.97 Å². The number of amides is 1. The molecule has 0 radical (unpaired) electrons. The standard InChI is InChI=1S/C14H13N5O3S2/c20-11(17-13-15-8-3-1-2-4-9(8)24-13)7-23-14-16-10(18-19-14)5-6-12(21)22/h1-4H,5-7H2,(H,21,22)(H,15,17,20)(H,16,18,19). The van der Waals surface area contributed by atoms with Crippen LogP contribution in [0.15, 0.2) is 29.4 Å². The summed E-state index contributed by atoms with van der Waals surface area (Å²) in [6.45, 7) is 0. The summed E-state index contributed by atoms with van der Waals surface area (Å²) in [7, 11) is 0. The number of rotatable bonds is 7. The molecule has 1 aromatic carbocycles. The zero-order valence-corrected chi connectivity index (χ0v) is 14.0. The number of aromatic nitrogens is 4. The topological polar surface area (TPSA) is 121 Å². The Hall–Kier alpha value is -2.46. The van der Waals surface area contributed by atoms with E-state index in [9.17, 15) is 9.59 Å². The minimum Gasteiger partial charge on any atom is -0.481 e. The molecule has 1 amide bonds. The monoisotopic (exact) mass is 363 g/mol. The largest absolute Gasteiger partial charge is 0.481 e. The van der Waals surface area contributed by atoms with Gasteiger partial charge in [-0.05, 0) is 12.1 Å². The van der Waals surface area contributed by atoms with Crippen LogP contribution in [0.5, 0.6) is 0 Å². The van der Waals surface area contributed by atoms with E-state index in [1.165, 1.54) is 23.1 Å². The summed E-state index contributed by atoms with van der Waals surface area (Å²) in [5.74, 6) is -0.454. The normalized spacial score (nSPS) is 10.8. The van der Waals surface area contributed by atoms with Gasteiger partial charge < -0.3 is 10.4 Å². The molecular weight excluding hydrogens is 350 g/mol. The molecule has 0 saturated heterocycles. The van der Waals surface area contributed by atoms with Crippen LogP contribution < -0.4 is 5.32 Å². The Kier molecular flexibility index (Phi) is 5.06. The van der Waals surface area contributed by atoms with Crippen molar-refractivity contribution in [1.29, 1.82) is 0 Å². The molecule has 0 bridgehead atoms. The number of hydrogen-bond donors (Lipinski definition) is 3. The van der Waals surface area contributed by atoms with Crippen molar-refractivity contribution >= 4 is 50.3 Å². The van der Waals surface area contributed by atoms with Crippen LogP contribution in [0.25, 0.3) is 10.2 Å². The number of benzene rings is 1. The van der Waals surface area contributed by atoms with Gasteiger partial charge in [0.1, 0.15) is 5.82 Å². The Morgan fingerprint density at radius 1 is 1.29 bits per heavy atom. The van der Waals surface area contributed by atoms with Crippen LogP contribution in [0, 0.1) is 0 Å². The van der Waals surface area contributed by atoms with E-state index in [0.717, 1.165) is 10.2 Å². The molecule has 2 heterocycles. The van der Waals surface area contributed by atoms with Gasteiger partial charge in [-0.3, -0.25) is 14.7 Å². The Morgan fingerprint density at radius 3 is 2.92 bits per heavy atom. The summed E-state index contributed by atoms with van der Waals surface area (Å²) >= 11 is 2.59. The number of anilines is 1. The summed E-state index contributed by atoms with van der Waals surface area (Å²) in [4.78, 5) is 31.0. The lowest BCUT2D eigenvalue weighted by Gasteiger charge is -1.98. The average molecular weight is 363 g/mol. The molecule has 10 heteroatoms. The second kappa shape index (κ2) is 7.41. The highest BCUT2D eigenvalue weighted by Gasteiger charge is 2.11. The number of H-pyrrole nitrogens is 1. The third-order valence-corrected chi connectivity index (χ3v) is 4.76. The molecule has 24 heavy (non-hydrogen) atoms. The first-order valence-electron chi connectivity index (χ1n) is 7.01. The Morgan fingerprint density at radius 2 is 2.12 bits per heavy atom. The first-order chi connectivity index (χ1) is 11.6. The van der Waals surface area contributed by atoms with Crippen molar-refractivity contribution in [1.82, 2.24) is 20.2 Å². The minimum atomic E-state index is -0.893. The van der Waals surface area contributed by atoms with Crippen molar-refractivity contribution < 1.29 is 14.7 Å². The van der Waals surface area contributed by atoms with Crippen LogP contribution in [0.3, 0.4) is 0 Å². The SMILES string of the molecule is O=C(O)CCc1nc(SCC(=O)Nc2nc3ccccc3s2)n[nH]1. The predicted molar refractivity (Wildman–Crippen MR) is 91.3 cm³/mol. The van der Waals surface area contributed by atoms with Gasteiger partial charge in [0.05, 0.1) is 22.4 Å². The van der Waals surface area contributed by atoms with Crippen LogP contribution in [-0.4, -0.2) is 42.9 Å². The Balaban J connectivity index is 1.51. The lowest BCUT2D eigenvalue weighted by molar-refractivity contribution is -0.137. The van der Waals surface area contributed by atoms with Crippen LogP contribution in [-0.2, 0) is 16.0 Å². The smallest absolute Gasteiger partial charge is 0.303 e. The first kappa shape index (κ1) is 16.4. The number of carbonyl (C=O) groups excluding carboxylic acids is 1. The van der Waals surface area contributed by atoms with Crippen LogP contribution in [0.2, 0.25) is 0 Å². The number of thioether (sulfide) groups is 1. The van der Waals surface area contributed by atoms with E-state index in [-0.39, 0.29) is 24.5 Å². The van der Waals surface area contributed by atoms with Gasteiger partial charge in [0.25, 0.3) is 0 Å². The van der Waals surface area contributed by atoms with E-state index in [2.05, 4.69) is 25.5 Å². The molecule has 8 nitrogen and oxygen atoms in total. The maximum Gasteiger partial charge on any atom is 0.303 e. The summed E-state index contributed by atoms with van der Waals surface area (Å²) in [5.41, 5.74) is 0.850. The molecule has 124 valence electrons. The highest BCUT2D eigenvalue weighted by Crippen LogP contribution is 2.25. The van der Waals surface area contributed by atoms with E-state index in [0.29, 0.717) is 16.1 Å². The fraction of sp³-hybridized carbons (Fsp3) is 0.214. The molecule has 0 saturated carbocycles. The molecule has 0 unspecified atom stereocenters. The molecule has 0 atom stereocenters. The van der Waals surface area contributed by atoms with Gasteiger partial charge in [-0.1, -0.05) is 35.2 Å². The Labute approximate surface area is 144 Å². The number of nitrogens with zero attached hydrogens (tertiary/aromatic N) is 3. The zero-order chi connectivity index (χ0) is 16.9. The molecule has 0 aliphatic carbocycles. The van der Waals surface area contributed by atoms with E-state index in [1.807, 2.05) is 24.3 Å². The Bertz CT molecular complexity index is 843. The van der Waals surface area contributed by atoms with Gasteiger partial charge in [0, 0.05) is 6.42 Å². The van der Waals surface area contributed by atoms with Gasteiger partial charge in [-0.2, -0.15) is 0 Å². The van der Waals surface area contributed by atoms with E-state index in [1.54, 1.807) is 0 Å². The van der Waals surface area contributed by atoms with Gasteiger partial charge in [-0.15, -0.1) is 5.10 Å². The van der Waals surface area contributed by atoms with Crippen LogP contribution in [0.1, 0.15) is 12.2 Å². The summed E-state index contributed by atoms with van der Waals surface area (Å²) in [5, 5.41) is 19.0. The number of fused-ring (bicyclic) bond motifs is 1. The lowest BCUT2D eigenvalue weighted by atomic mass is 10.3. The number of hydrogen-bond acceptors (Lipinski definition) is 7. The number of carbonyl (C=O) groups is 2. The fourth-order valence-corrected chi connectivity index (χ4v) is 3.39. The number of aryl methyl sites for hydroxylation is 1. The van der Waals surface area contributed by atoms with Crippen molar-refractivity contribution in [3.63, 3.8) is 0 Å². The van der Waals surface area contributed by atoms with E-state index >= 15 is 0 Å². The maximum absolute atomic E-state index is 12.0. The highest BCUT2D eigenvalue weighted by molar-refractivity contribution is 7.99. The molecular formula is C14H13N5O3S2. The number of aromatic amines is 1. The number of carboxylic acid groups (broad SMARTS) is 1. The number of carboxylic acids is 1. The number of thiazole rings is 1. The first-order valence-corrected chi connectivity index (χ1v) is 8.81. The zero-order valence-electron chi connectivity index (χ0n) is 12.4. The van der Waals surface area contributed by atoms with Crippen LogP contribution in [0.4, 0.5) is 5.13 Å². The third kappa shape index (κ3) is 4.30. The minimum absolute atomic E-state index is 0.0165. The second-order valence-electron chi connectivity index (χ2n) is 4.78. The van der Waals surface area contributed by atoms with E-state index < -0.39 is 5.97 Å². The maximum atomic E-state index is 12.0. The van der Waals surface area contributed by atoms with Gasteiger partial charge >= 0.3 is 5.97 Å². The fourth-order valence-electron chi connectivity index (χ4n) is 1.89. The molecule has 2 aromatic heterocycles. The van der Waals surface area contributed by atoms with Crippen molar-refractivity contribution in [2.45, 2.75) is 18.0 Å². The summed E-state index contributed by atoms with van der Waals surface area (Å²) in [6, 6.07) is 7.66. The summed E-state index contributed by atoms with van der Waals surface area (Å²) in [6.07, 6.45) is 0.262. The molecule has 0 aliphatic heterocycles. The molecule has 0 fully saturated rings. The van der Waals surface area contributed by atoms with Crippen molar-refractivity contribution in [2.24, 2.45) is 0 Å². The van der Waals surface area contributed by atoms with E-state index in [4.69, 9.17) is 5.11 Å². The second-order valence-corrected chi connectivity index (χ2v) is 6.76. The third-order valence-electron chi connectivity index (χ3n) is 2.96. The number of nitrogens with one attached hydrogen (secondary N) is 2.